The van der Waals surface area contributed by atoms with Crippen molar-refractivity contribution in [1.29, 1.82) is 0 Å². The summed E-state index contributed by atoms with van der Waals surface area (Å²) in [6.45, 7) is 1.62. The Balaban J connectivity index is 2.03. The molecule has 1 aliphatic carbocycles. The Labute approximate surface area is 107 Å². The fourth-order valence-electron chi connectivity index (χ4n) is 2.47. The maximum Gasteiger partial charge on any atom is 0.136 e. The third kappa shape index (κ3) is 2.78. The molecule has 96 valence electrons. The molecule has 0 spiro atoms. The molecule has 0 aliphatic heterocycles. The normalized spacial score (nSPS) is 20.9. The van der Waals surface area contributed by atoms with E-state index in [-0.39, 0.29) is 5.92 Å². The van der Waals surface area contributed by atoms with E-state index in [9.17, 15) is 14.7 Å². The Morgan fingerprint density at radius 3 is 2.56 bits per heavy atom. The van der Waals surface area contributed by atoms with Crippen LogP contribution in [0.1, 0.15) is 43.2 Å². The van der Waals surface area contributed by atoms with E-state index < -0.39 is 11.9 Å². The Morgan fingerprint density at radius 2 is 2.06 bits per heavy atom. The number of carboxylic acids is 1. The van der Waals surface area contributed by atoms with Crippen molar-refractivity contribution in [1.82, 2.24) is 0 Å². The fraction of sp³-hybridized carbons (Fsp3) is 0.467. The van der Waals surface area contributed by atoms with E-state index in [0.29, 0.717) is 12.2 Å². The third-order valence-corrected chi connectivity index (χ3v) is 3.75. The van der Waals surface area contributed by atoms with Gasteiger partial charge >= 0.3 is 0 Å². The van der Waals surface area contributed by atoms with E-state index in [0.717, 1.165) is 30.4 Å². The lowest BCUT2D eigenvalue weighted by Crippen LogP contribution is -2.27. The first kappa shape index (κ1) is 12.8. The number of ketones is 1. The fourth-order valence-corrected chi connectivity index (χ4v) is 2.47. The number of aliphatic carboxylic acids is 1. The monoisotopic (exact) mass is 245 g/mol. The van der Waals surface area contributed by atoms with E-state index in [1.165, 1.54) is 0 Å². The number of carbonyl (C=O) groups is 2. The number of hydrogen-bond donors (Lipinski definition) is 0. The molecular formula is C15H17O3-. The highest BCUT2D eigenvalue weighted by molar-refractivity contribution is 5.83. The van der Waals surface area contributed by atoms with Crippen molar-refractivity contribution in [3.05, 3.63) is 35.4 Å². The zero-order chi connectivity index (χ0) is 13.1. The summed E-state index contributed by atoms with van der Waals surface area (Å²) in [5, 5.41) is 10.8. The number of rotatable bonds is 4. The van der Waals surface area contributed by atoms with E-state index in [4.69, 9.17) is 0 Å². The molecule has 0 N–H and O–H groups in total. The van der Waals surface area contributed by atoms with Crippen molar-refractivity contribution >= 4 is 11.8 Å². The minimum Gasteiger partial charge on any atom is -0.550 e. The predicted molar refractivity (Wildman–Crippen MR) is 65.9 cm³/mol. The van der Waals surface area contributed by atoms with Gasteiger partial charge in [-0.3, -0.25) is 4.79 Å². The summed E-state index contributed by atoms with van der Waals surface area (Å²) in [5.74, 6) is -1.13. The van der Waals surface area contributed by atoms with Gasteiger partial charge in [-0.05, 0) is 30.4 Å². The molecule has 1 fully saturated rings. The molecule has 1 aromatic rings. The van der Waals surface area contributed by atoms with E-state index in [1.807, 2.05) is 24.3 Å². The quantitative estimate of drug-likeness (QED) is 0.806. The van der Waals surface area contributed by atoms with Gasteiger partial charge in [-0.25, -0.2) is 0 Å². The summed E-state index contributed by atoms with van der Waals surface area (Å²) in [6, 6.07) is 7.46. The van der Waals surface area contributed by atoms with Crippen molar-refractivity contribution in [3.8, 4) is 0 Å². The molecule has 3 heteroatoms. The molecule has 1 aliphatic rings. The SMILES string of the molecule is C[C@@H](C(=O)[O-])c1ccc(C[C@H]2CCCC2=O)cc1. The zero-order valence-corrected chi connectivity index (χ0v) is 10.5. The first-order valence-electron chi connectivity index (χ1n) is 6.40. The van der Waals surface area contributed by atoms with Gasteiger partial charge in [-0.15, -0.1) is 0 Å². The van der Waals surface area contributed by atoms with Gasteiger partial charge < -0.3 is 9.90 Å². The molecule has 1 aromatic carbocycles. The molecule has 2 rings (SSSR count). The second kappa shape index (κ2) is 5.34. The maximum atomic E-state index is 11.6. The summed E-state index contributed by atoms with van der Waals surface area (Å²) in [4.78, 5) is 22.3. The van der Waals surface area contributed by atoms with Crippen LogP contribution >= 0.6 is 0 Å². The van der Waals surface area contributed by atoms with Crippen LogP contribution in [0.4, 0.5) is 0 Å². The Hall–Kier alpha value is -1.64. The smallest absolute Gasteiger partial charge is 0.136 e. The first-order valence-corrected chi connectivity index (χ1v) is 6.40. The third-order valence-electron chi connectivity index (χ3n) is 3.75. The maximum absolute atomic E-state index is 11.6. The average molecular weight is 245 g/mol. The Morgan fingerprint density at radius 1 is 1.39 bits per heavy atom. The van der Waals surface area contributed by atoms with Crippen LogP contribution in [0.25, 0.3) is 0 Å². The molecular weight excluding hydrogens is 228 g/mol. The van der Waals surface area contributed by atoms with Gasteiger partial charge in [0.2, 0.25) is 0 Å². The summed E-state index contributed by atoms with van der Waals surface area (Å²) in [5.41, 5.74) is 1.85. The average Bonchev–Trinajstić information content (AvgIpc) is 2.75. The Bertz CT molecular complexity index is 447. The minimum absolute atomic E-state index is 0.161. The second-order valence-electron chi connectivity index (χ2n) is 5.04. The summed E-state index contributed by atoms with van der Waals surface area (Å²) in [7, 11) is 0. The molecule has 0 amide bonds. The van der Waals surface area contributed by atoms with Gasteiger partial charge in [0, 0.05) is 24.2 Å². The number of hydrogen-bond acceptors (Lipinski definition) is 3. The lowest BCUT2D eigenvalue weighted by Gasteiger charge is -2.14. The molecule has 1 saturated carbocycles. The van der Waals surface area contributed by atoms with Crippen molar-refractivity contribution in [2.45, 2.75) is 38.5 Å². The van der Waals surface area contributed by atoms with Crippen molar-refractivity contribution in [2.75, 3.05) is 0 Å². The van der Waals surface area contributed by atoms with Gasteiger partial charge in [-0.1, -0.05) is 31.2 Å². The van der Waals surface area contributed by atoms with Crippen LogP contribution in [0.5, 0.6) is 0 Å². The lowest BCUT2D eigenvalue weighted by atomic mass is 9.94. The molecule has 2 atom stereocenters. The number of Topliss-reactive ketones (excluding diaryl/α,β-unsaturated/α-hetero) is 1. The Kier molecular flexibility index (Phi) is 3.80. The van der Waals surface area contributed by atoms with E-state index >= 15 is 0 Å². The highest BCUT2D eigenvalue weighted by atomic mass is 16.4. The molecule has 0 heterocycles. The molecule has 0 unspecified atom stereocenters. The molecule has 18 heavy (non-hydrogen) atoms. The van der Waals surface area contributed by atoms with Crippen LogP contribution in [0.15, 0.2) is 24.3 Å². The van der Waals surface area contributed by atoms with Gasteiger partial charge in [0.25, 0.3) is 0 Å². The van der Waals surface area contributed by atoms with Gasteiger partial charge in [0.15, 0.2) is 0 Å². The number of benzene rings is 1. The van der Waals surface area contributed by atoms with Crippen LogP contribution in [0.2, 0.25) is 0 Å². The lowest BCUT2D eigenvalue weighted by molar-refractivity contribution is -0.307. The number of carbonyl (C=O) groups excluding carboxylic acids is 2. The molecule has 0 bridgehead atoms. The summed E-state index contributed by atoms with van der Waals surface area (Å²) in [6.07, 6.45) is 3.47. The topological polar surface area (TPSA) is 57.2 Å². The van der Waals surface area contributed by atoms with Gasteiger partial charge in [0.1, 0.15) is 5.78 Å². The van der Waals surface area contributed by atoms with Gasteiger partial charge in [0.05, 0.1) is 0 Å². The number of carboxylic acid groups (broad SMARTS) is 1. The van der Waals surface area contributed by atoms with Crippen LogP contribution < -0.4 is 5.11 Å². The molecule has 3 nitrogen and oxygen atoms in total. The van der Waals surface area contributed by atoms with Crippen LogP contribution in [-0.2, 0) is 16.0 Å². The molecule has 0 aromatic heterocycles. The zero-order valence-electron chi connectivity index (χ0n) is 10.5. The van der Waals surface area contributed by atoms with Crippen molar-refractivity contribution < 1.29 is 14.7 Å². The van der Waals surface area contributed by atoms with E-state index in [1.54, 1.807) is 6.92 Å². The minimum atomic E-state index is -1.06. The first-order chi connectivity index (χ1) is 8.58. The molecule has 0 radical (unpaired) electrons. The van der Waals surface area contributed by atoms with Gasteiger partial charge in [-0.2, -0.15) is 0 Å². The van der Waals surface area contributed by atoms with Crippen LogP contribution in [0.3, 0.4) is 0 Å². The van der Waals surface area contributed by atoms with Crippen molar-refractivity contribution in [3.63, 3.8) is 0 Å². The van der Waals surface area contributed by atoms with E-state index in [2.05, 4.69) is 0 Å². The summed E-state index contributed by atoms with van der Waals surface area (Å²) >= 11 is 0. The standard InChI is InChI=1S/C15H18O3/c1-10(15(17)18)12-7-5-11(6-8-12)9-13-3-2-4-14(13)16/h5-8,10,13H,2-4,9H2,1H3,(H,17,18)/p-1/t10-,13-/m1/s1. The van der Waals surface area contributed by atoms with Crippen molar-refractivity contribution in [2.24, 2.45) is 5.92 Å². The summed E-state index contributed by atoms with van der Waals surface area (Å²) < 4.78 is 0. The predicted octanol–water partition coefficient (Wildman–Crippen LogP) is 1.45. The highest BCUT2D eigenvalue weighted by Crippen LogP contribution is 2.25. The molecule has 0 saturated heterocycles. The highest BCUT2D eigenvalue weighted by Gasteiger charge is 2.24. The van der Waals surface area contributed by atoms with Crippen LogP contribution in [-0.4, -0.2) is 11.8 Å². The second-order valence-corrected chi connectivity index (χ2v) is 5.04. The largest absolute Gasteiger partial charge is 0.550 e. The van der Waals surface area contributed by atoms with Crippen LogP contribution in [0, 0.1) is 5.92 Å².